The van der Waals surface area contributed by atoms with Gasteiger partial charge in [0.15, 0.2) is 0 Å². The monoisotopic (exact) mass is 307 g/mol. The highest BCUT2D eigenvalue weighted by molar-refractivity contribution is 6.30. The van der Waals surface area contributed by atoms with E-state index in [2.05, 4.69) is 5.32 Å². The number of nitrogens with one attached hydrogen (secondary N) is 1. The molecule has 0 fully saturated rings. The van der Waals surface area contributed by atoms with Gasteiger partial charge in [-0.3, -0.25) is 0 Å². The van der Waals surface area contributed by atoms with Crippen LogP contribution in [0.3, 0.4) is 0 Å². The van der Waals surface area contributed by atoms with Gasteiger partial charge in [0.05, 0.1) is 7.11 Å². The van der Waals surface area contributed by atoms with Gasteiger partial charge in [0, 0.05) is 17.5 Å². The second-order valence-electron chi connectivity index (χ2n) is 4.94. The summed E-state index contributed by atoms with van der Waals surface area (Å²) in [6.07, 6.45) is 0.658. The summed E-state index contributed by atoms with van der Waals surface area (Å²) in [6, 6.07) is 12.4. The van der Waals surface area contributed by atoms with E-state index in [-0.39, 0.29) is 11.7 Å². The fourth-order valence-corrected chi connectivity index (χ4v) is 2.71. The van der Waals surface area contributed by atoms with Gasteiger partial charge in [-0.2, -0.15) is 0 Å². The smallest absolute Gasteiger partial charge is 0.126 e. The van der Waals surface area contributed by atoms with Crippen molar-refractivity contribution in [1.82, 2.24) is 5.32 Å². The first kappa shape index (κ1) is 15.8. The summed E-state index contributed by atoms with van der Waals surface area (Å²) in [7, 11) is 3.49. The van der Waals surface area contributed by atoms with Gasteiger partial charge in [-0.15, -0.1) is 0 Å². The Labute approximate surface area is 129 Å². The first-order valence-electron chi connectivity index (χ1n) is 6.87. The largest absolute Gasteiger partial charge is 0.496 e. The van der Waals surface area contributed by atoms with Crippen molar-refractivity contribution in [2.24, 2.45) is 0 Å². The van der Waals surface area contributed by atoms with Crippen LogP contribution >= 0.6 is 11.6 Å². The van der Waals surface area contributed by atoms with Crippen molar-refractivity contribution in [1.29, 1.82) is 0 Å². The molecule has 21 heavy (non-hydrogen) atoms. The van der Waals surface area contributed by atoms with Crippen LogP contribution in [0.4, 0.5) is 4.39 Å². The van der Waals surface area contributed by atoms with E-state index in [1.54, 1.807) is 19.2 Å². The molecule has 0 amide bonds. The number of hydrogen-bond acceptors (Lipinski definition) is 2. The number of halogens is 2. The average Bonchev–Trinajstić information content (AvgIpc) is 2.48. The minimum absolute atomic E-state index is 0.0172. The standard InChI is InChI=1S/C17H19ClFNO/c1-20-11-13(15-5-3-4-6-16(15)19)9-12-10-14(18)7-8-17(12)21-2/h3-8,10,13,20H,9,11H2,1-2H3. The van der Waals surface area contributed by atoms with Crippen LogP contribution in [-0.4, -0.2) is 20.7 Å². The van der Waals surface area contributed by atoms with Crippen molar-refractivity contribution in [2.75, 3.05) is 20.7 Å². The predicted octanol–water partition coefficient (Wildman–Crippen LogP) is 4.03. The molecule has 2 aromatic rings. The van der Waals surface area contributed by atoms with Gasteiger partial charge in [-0.1, -0.05) is 29.8 Å². The van der Waals surface area contributed by atoms with Crippen molar-refractivity contribution < 1.29 is 9.13 Å². The molecule has 2 nitrogen and oxygen atoms in total. The molecular weight excluding hydrogens is 289 g/mol. The molecule has 0 radical (unpaired) electrons. The van der Waals surface area contributed by atoms with E-state index in [9.17, 15) is 4.39 Å². The van der Waals surface area contributed by atoms with Gasteiger partial charge < -0.3 is 10.1 Å². The maximum atomic E-state index is 14.0. The summed E-state index contributed by atoms with van der Waals surface area (Å²) in [6.45, 7) is 0.677. The quantitative estimate of drug-likeness (QED) is 0.870. The normalized spacial score (nSPS) is 12.2. The minimum atomic E-state index is -0.182. The average molecular weight is 308 g/mol. The second-order valence-corrected chi connectivity index (χ2v) is 5.37. The number of methoxy groups -OCH3 is 1. The van der Waals surface area contributed by atoms with E-state index in [4.69, 9.17) is 16.3 Å². The molecule has 0 aliphatic carbocycles. The highest BCUT2D eigenvalue weighted by Crippen LogP contribution is 2.29. The van der Waals surface area contributed by atoms with Gasteiger partial charge >= 0.3 is 0 Å². The Hall–Kier alpha value is -1.58. The van der Waals surface area contributed by atoms with Gasteiger partial charge in [-0.05, 0) is 48.9 Å². The SMILES string of the molecule is CNCC(Cc1cc(Cl)ccc1OC)c1ccccc1F. The summed E-state index contributed by atoms with van der Waals surface area (Å²) in [4.78, 5) is 0. The van der Waals surface area contributed by atoms with Crippen LogP contribution in [0, 0.1) is 5.82 Å². The van der Waals surface area contributed by atoms with Crippen molar-refractivity contribution >= 4 is 11.6 Å². The van der Waals surface area contributed by atoms with Crippen molar-refractivity contribution in [3.8, 4) is 5.75 Å². The van der Waals surface area contributed by atoms with E-state index in [1.165, 1.54) is 6.07 Å². The number of benzene rings is 2. The topological polar surface area (TPSA) is 21.3 Å². The Morgan fingerprint density at radius 1 is 1.24 bits per heavy atom. The third-order valence-electron chi connectivity index (χ3n) is 3.50. The van der Waals surface area contributed by atoms with Crippen LogP contribution < -0.4 is 10.1 Å². The highest BCUT2D eigenvalue weighted by Gasteiger charge is 2.17. The van der Waals surface area contributed by atoms with E-state index < -0.39 is 0 Å². The molecule has 0 saturated carbocycles. The van der Waals surface area contributed by atoms with Crippen molar-refractivity contribution in [3.63, 3.8) is 0 Å². The molecule has 0 saturated heterocycles. The van der Waals surface area contributed by atoms with Crippen LogP contribution in [0.5, 0.6) is 5.75 Å². The summed E-state index contributed by atoms with van der Waals surface area (Å²) in [5.74, 6) is 0.610. The predicted molar refractivity (Wildman–Crippen MR) is 84.8 cm³/mol. The first-order valence-corrected chi connectivity index (χ1v) is 7.25. The van der Waals surface area contributed by atoms with Crippen LogP contribution in [0.25, 0.3) is 0 Å². The Morgan fingerprint density at radius 3 is 2.67 bits per heavy atom. The maximum Gasteiger partial charge on any atom is 0.126 e. The summed E-state index contributed by atoms with van der Waals surface area (Å²) >= 11 is 6.07. The lowest BCUT2D eigenvalue weighted by molar-refractivity contribution is 0.407. The molecule has 1 N–H and O–H groups in total. The fraction of sp³-hybridized carbons (Fsp3) is 0.294. The third-order valence-corrected chi connectivity index (χ3v) is 3.74. The molecule has 4 heteroatoms. The zero-order chi connectivity index (χ0) is 15.2. The lowest BCUT2D eigenvalue weighted by Gasteiger charge is -2.19. The number of rotatable bonds is 6. The van der Waals surface area contributed by atoms with Crippen LogP contribution in [0.15, 0.2) is 42.5 Å². The summed E-state index contributed by atoms with van der Waals surface area (Å²) in [5, 5.41) is 3.78. The van der Waals surface area contributed by atoms with E-state index in [0.717, 1.165) is 11.3 Å². The second kappa shape index (κ2) is 7.43. The van der Waals surface area contributed by atoms with Gasteiger partial charge in [0.25, 0.3) is 0 Å². The Balaban J connectivity index is 2.33. The first-order chi connectivity index (χ1) is 10.2. The molecule has 1 unspecified atom stereocenters. The Bertz CT molecular complexity index is 603. The molecule has 112 valence electrons. The molecule has 0 aliphatic heterocycles. The van der Waals surface area contributed by atoms with Crippen molar-refractivity contribution in [3.05, 3.63) is 64.4 Å². The van der Waals surface area contributed by atoms with Crippen LogP contribution in [0.1, 0.15) is 17.0 Å². The van der Waals surface area contributed by atoms with E-state index in [0.29, 0.717) is 23.6 Å². The summed E-state index contributed by atoms with van der Waals surface area (Å²) in [5.41, 5.74) is 1.68. The zero-order valence-electron chi connectivity index (χ0n) is 12.2. The zero-order valence-corrected chi connectivity index (χ0v) is 13.0. The van der Waals surface area contributed by atoms with E-state index in [1.807, 2.05) is 31.3 Å². The molecule has 0 heterocycles. The van der Waals surface area contributed by atoms with Gasteiger partial charge in [-0.25, -0.2) is 4.39 Å². The minimum Gasteiger partial charge on any atom is -0.496 e. The molecule has 0 aromatic heterocycles. The number of ether oxygens (including phenoxy) is 1. The fourth-order valence-electron chi connectivity index (χ4n) is 2.52. The highest BCUT2D eigenvalue weighted by atomic mass is 35.5. The van der Waals surface area contributed by atoms with Crippen molar-refractivity contribution in [2.45, 2.75) is 12.3 Å². The lowest BCUT2D eigenvalue weighted by Crippen LogP contribution is -2.20. The molecule has 0 aliphatic rings. The van der Waals surface area contributed by atoms with E-state index >= 15 is 0 Å². The maximum absolute atomic E-state index is 14.0. The van der Waals surface area contributed by atoms with Gasteiger partial charge in [0.2, 0.25) is 0 Å². The number of likely N-dealkylation sites (N-methyl/N-ethyl adjacent to an activating group) is 1. The molecule has 2 rings (SSSR count). The Morgan fingerprint density at radius 2 is 2.00 bits per heavy atom. The Kier molecular flexibility index (Phi) is 5.59. The lowest BCUT2D eigenvalue weighted by atomic mass is 9.91. The molecule has 0 bridgehead atoms. The van der Waals surface area contributed by atoms with Crippen LogP contribution in [-0.2, 0) is 6.42 Å². The molecular formula is C17H19ClFNO. The van der Waals surface area contributed by atoms with Gasteiger partial charge in [0.1, 0.15) is 11.6 Å². The molecule has 1 atom stereocenters. The third kappa shape index (κ3) is 3.96. The molecule has 0 spiro atoms. The summed E-state index contributed by atoms with van der Waals surface area (Å²) < 4.78 is 19.4. The molecule has 2 aromatic carbocycles. The van der Waals surface area contributed by atoms with Crippen LogP contribution in [0.2, 0.25) is 5.02 Å². The number of hydrogen-bond donors (Lipinski definition) is 1.